The van der Waals surface area contributed by atoms with Crippen LogP contribution in [0.5, 0.6) is 0 Å². The van der Waals surface area contributed by atoms with Crippen molar-refractivity contribution in [1.29, 1.82) is 0 Å². The highest BCUT2D eigenvalue weighted by Crippen LogP contribution is 2.41. The molecule has 136 valence electrons. The van der Waals surface area contributed by atoms with Crippen LogP contribution in [0.15, 0.2) is 54.6 Å². The summed E-state index contributed by atoms with van der Waals surface area (Å²) in [6.07, 6.45) is 1.81. The summed E-state index contributed by atoms with van der Waals surface area (Å²) >= 11 is 0. The van der Waals surface area contributed by atoms with Crippen molar-refractivity contribution in [2.24, 2.45) is 0 Å². The Morgan fingerprint density at radius 2 is 1.65 bits per heavy atom. The van der Waals surface area contributed by atoms with Gasteiger partial charge in [0.15, 0.2) is 0 Å². The second kappa shape index (κ2) is 6.31. The van der Waals surface area contributed by atoms with Gasteiger partial charge in [-0.2, -0.15) is 0 Å². The number of ether oxygens (including phenoxy) is 1. The van der Waals surface area contributed by atoms with E-state index in [1.165, 1.54) is 5.57 Å². The fourth-order valence-corrected chi connectivity index (χ4v) is 3.48. The monoisotopic (exact) mass is 349 g/mol. The highest BCUT2D eigenvalue weighted by atomic mass is 16.6. The molecule has 0 aromatic heterocycles. The summed E-state index contributed by atoms with van der Waals surface area (Å²) in [7, 11) is 0. The smallest absolute Gasteiger partial charge is 0.415 e. The Morgan fingerprint density at radius 3 is 2.27 bits per heavy atom. The van der Waals surface area contributed by atoms with Crippen LogP contribution in [0.2, 0.25) is 0 Å². The lowest BCUT2D eigenvalue weighted by atomic mass is 9.87. The number of nitrogens with zero attached hydrogens (tertiary/aromatic N) is 1. The van der Waals surface area contributed by atoms with Crippen LogP contribution in [-0.4, -0.2) is 17.2 Å². The molecule has 26 heavy (non-hydrogen) atoms. The van der Waals surface area contributed by atoms with E-state index in [-0.39, 0.29) is 6.09 Å². The van der Waals surface area contributed by atoms with Gasteiger partial charge in [-0.3, -0.25) is 4.90 Å². The van der Waals surface area contributed by atoms with Crippen LogP contribution >= 0.6 is 0 Å². The summed E-state index contributed by atoms with van der Waals surface area (Å²) in [6.45, 7) is 11.8. The maximum absolute atomic E-state index is 12.9. The average Bonchev–Trinajstić information content (AvgIpc) is 2.53. The maximum Gasteiger partial charge on any atom is 0.415 e. The molecule has 0 radical (unpaired) electrons. The van der Waals surface area contributed by atoms with E-state index < -0.39 is 11.1 Å². The van der Waals surface area contributed by atoms with Gasteiger partial charge in [-0.1, -0.05) is 42.5 Å². The van der Waals surface area contributed by atoms with Gasteiger partial charge >= 0.3 is 6.09 Å². The highest BCUT2D eigenvalue weighted by Gasteiger charge is 2.38. The molecule has 3 nitrogen and oxygen atoms in total. The number of hydrogen-bond donors (Lipinski definition) is 0. The lowest BCUT2D eigenvalue weighted by molar-refractivity contribution is 0.0556. The molecule has 0 saturated carbocycles. The summed E-state index contributed by atoms with van der Waals surface area (Å²) < 4.78 is 5.68. The number of fused-ring (bicyclic) bond motifs is 1. The first-order valence-electron chi connectivity index (χ1n) is 9.01. The third kappa shape index (κ3) is 3.52. The van der Waals surface area contributed by atoms with Gasteiger partial charge in [-0.25, -0.2) is 4.79 Å². The van der Waals surface area contributed by atoms with E-state index in [4.69, 9.17) is 4.74 Å². The predicted molar refractivity (Wildman–Crippen MR) is 108 cm³/mol. The SMILES string of the molecule is CC1=CC(C)(C)N(C(=O)OC(C)(C)C)c2ccc(-c3ccccc3)cc21. The summed E-state index contributed by atoms with van der Waals surface area (Å²) in [5.41, 5.74) is 4.45. The number of hydrogen-bond acceptors (Lipinski definition) is 2. The van der Waals surface area contributed by atoms with Gasteiger partial charge in [0, 0.05) is 5.56 Å². The number of allylic oxidation sites excluding steroid dienone is 1. The van der Waals surface area contributed by atoms with Gasteiger partial charge in [0.2, 0.25) is 0 Å². The molecular formula is C23H27NO2. The third-order valence-corrected chi connectivity index (χ3v) is 4.49. The summed E-state index contributed by atoms with van der Waals surface area (Å²) in [4.78, 5) is 14.7. The lowest BCUT2D eigenvalue weighted by Gasteiger charge is -2.41. The molecule has 3 heteroatoms. The number of rotatable bonds is 1. The van der Waals surface area contributed by atoms with Crippen LogP contribution in [0, 0.1) is 0 Å². The number of amides is 1. The number of carbonyl (C=O) groups is 1. The number of anilines is 1. The van der Waals surface area contributed by atoms with Gasteiger partial charge in [-0.15, -0.1) is 0 Å². The van der Waals surface area contributed by atoms with Crippen LogP contribution < -0.4 is 4.90 Å². The van der Waals surface area contributed by atoms with Gasteiger partial charge in [0.1, 0.15) is 5.60 Å². The van der Waals surface area contributed by atoms with Crippen molar-refractivity contribution < 1.29 is 9.53 Å². The Balaban J connectivity index is 2.09. The van der Waals surface area contributed by atoms with Crippen molar-refractivity contribution in [1.82, 2.24) is 0 Å². The number of benzene rings is 2. The zero-order valence-electron chi connectivity index (χ0n) is 16.5. The zero-order chi connectivity index (χ0) is 19.1. The molecule has 3 rings (SSSR count). The van der Waals surface area contributed by atoms with Gasteiger partial charge in [0.25, 0.3) is 0 Å². The van der Waals surface area contributed by atoms with Crippen molar-refractivity contribution in [3.63, 3.8) is 0 Å². The van der Waals surface area contributed by atoms with Crippen LogP contribution in [0.4, 0.5) is 10.5 Å². The molecule has 0 aliphatic carbocycles. The largest absolute Gasteiger partial charge is 0.443 e. The molecule has 1 aliphatic rings. The van der Waals surface area contributed by atoms with Crippen molar-refractivity contribution in [3.8, 4) is 11.1 Å². The molecular weight excluding hydrogens is 322 g/mol. The van der Waals surface area contributed by atoms with E-state index in [1.54, 1.807) is 4.90 Å². The molecule has 1 aliphatic heterocycles. The molecule has 2 aromatic rings. The predicted octanol–water partition coefficient (Wildman–Crippen LogP) is 6.29. The first-order chi connectivity index (χ1) is 12.1. The van der Waals surface area contributed by atoms with Gasteiger partial charge in [0.05, 0.1) is 11.2 Å². The molecule has 0 fully saturated rings. The summed E-state index contributed by atoms with van der Waals surface area (Å²) in [5, 5.41) is 0. The Labute approximate surface area is 156 Å². The highest BCUT2D eigenvalue weighted by molar-refractivity contribution is 5.97. The minimum atomic E-state index is -0.534. The molecule has 0 atom stereocenters. The first-order valence-corrected chi connectivity index (χ1v) is 9.01. The fraction of sp³-hybridized carbons (Fsp3) is 0.348. The minimum Gasteiger partial charge on any atom is -0.443 e. The Bertz CT molecular complexity index is 858. The van der Waals surface area contributed by atoms with E-state index >= 15 is 0 Å². The first kappa shape index (κ1) is 18.2. The molecule has 0 unspecified atom stereocenters. The van der Waals surface area contributed by atoms with E-state index in [9.17, 15) is 4.79 Å². The molecule has 0 bridgehead atoms. The standard InChI is InChI=1S/C23H27NO2/c1-16-15-23(5,6)24(21(25)26-22(2,3)4)20-13-12-18(14-19(16)20)17-10-8-7-9-11-17/h7-15H,1-6H3. The molecule has 2 aromatic carbocycles. The van der Waals surface area contributed by atoms with Crippen LogP contribution in [0.25, 0.3) is 16.7 Å². The Morgan fingerprint density at radius 1 is 1.00 bits per heavy atom. The van der Waals surface area contributed by atoms with Crippen LogP contribution in [0.1, 0.15) is 47.1 Å². The topological polar surface area (TPSA) is 29.5 Å². The fourth-order valence-electron chi connectivity index (χ4n) is 3.48. The summed E-state index contributed by atoms with van der Waals surface area (Å²) in [6, 6.07) is 16.5. The van der Waals surface area contributed by atoms with Crippen molar-refractivity contribution in [2.75, 3.05) is 4.90 Å². The second-order valence-corrected chi connectivity index (χ2v) is 8.39. The number of carbonyl (C=O) groups excluding carboxylic acids is 1. The van der Waals surface area contributed by atoms with E-state index in [0.717, 1.165) is 22.4 Å². The third-order valence-electron chi connectivity index (χ3n) is 4.49. The average molecular weight is 349 g/mol. The van der Waals surface area contributed by atoms with Crippen LogP contribution in [0.3, 0.4) is 0 Å². The zero-order valence-corrected chi connectivity index (χ0v) is 16.5. The molecule has 0 N–H and O–H groups in total. The van der Waals surface area contributed by atoms with Crippen molar-refractivity contribution >= 4 is 17.4 Å². The Hall–Kier alpha value is -2.55. The van der Waals surface area contributed by atoms with Gasteiger partial charge in [-0.05, 0) is 70.4 Å². The molecule has 1 heterocycles. The maximum atomic E-state index is 12.9. The minimum absolute atomic E-state index is 0.319. The van der Waals surface area contributed by atoms with E-state index in [0.29, 0.717) is 0 Å². The summed E-state index contributed by atoms with van der Waals surface area (Å²) in [5.74, 6) is 0. The molecule has 0 saturated heterocycles. The normalized spacial score (nSPS) is 15.9. The Kier molecular flexibility index (Phi) is 4.43. The van der Waals surface area contributed by atoms with E-state index in [1.807, 2.05) is 58.9 Å². The van der Waals surface area contributed by atoms with Crippen LogP contribution in [-0.2, 0) is 4.74 Å². The van der Waals surface area contributed by atoms with Crippen molar-refractivity contribution in [2.45, 2.75) is 52.7 Å². The lowest BCUT2D eigenvalue weighted by Crippen LogP contribution is -2.50. The molecule has 0 spiro atoms. The quantitative estimate of drug-likeness (QED) is 0.605. The van der Waals surface area contributed by atoms with E-state index in [2.05, 4.69) is 37.3 Å². The molecule has 1 amide bonds. The van der Waals surface area contributed by atoms with Gasteiger partial charge < -0.3 is 4.74 Å². The second-order valence-electron chi connectivity index (χ2n) is 8.39. The van der Waals surface area contributed by atoms with Crippen molar-refractivity contribution in [3.05, 3.63) is 60.2 Å².